The lowest BCUT2D eigenvalue weighted by Crippen LogP contribution is -2.45. The molecule has 5 nitrogen and oxygen atoms in total. The number of rotatable bonds is 5. The molecular weight excluding hydrogens is 254 g/mol. The highest BCUT2D eigenvalue weighted by Gasteiger charge is 2.19. The predicted molar refractivity (Wildman–Crippen MR) is 69.2 cm³/mol. The number of halogens is 1. The molecule has 1 aromatic heterocycles. The van der Waals surface area contributed by atoms with Crippen LogP contribution >= 0.6 is 11.6 Å². The van der Waals surface area contributed by atoms with E-state index in [-0.39, 0.29) is 5.91 Å². The van der Waals surface area contributed by atoms with Crippen LogP contribution in [0.3, 0.4) is 0 Å². The average molecular weight is 272 g/mol. The topological polar surface area (TPSA) is 71.5 Å². The molecule has 1 aliphatic rings. The molecule has 6 heteroatoms. The standard InChI is InChI=1S/C12H18ClN3O2/c13-11-2-1-10(18-11)7-15-9-3-5-16(6-4-9)8-12(14)17/h1-2,9,15H,3-8H2,(H2,14,17). The molecule has 18 heavy (non-hydrogen) atoms. The lowest BCUT2D eigenvalue weighted by Gasteiger charge is -2.31. The molecular formula is C12H18ClN3O2. The van der Waals surface area contributed by atoms with Crippen LogP contribution in [0.4, 0.5) is 0 Å². The fraction of sp³-hybridized carbons (Fsp3) is 0.583. The Labute approximate surface area is 111 Å². The van der Waals surface area contributed by atoms with Crippen LogP contribution in [0.15, 0.2) is 16.5 Å². The van der Waals surface area contributed by atoms with Crippen molar-refractivity contribution >= 4 is 17.5 Å². The first-order valence-corrected chi connectivity index (χ1v) is 6.49. The van der Waals surface area contributed by atoms with Gasteiger partial charge in [-0.2, -0.15) is 0 Å². The van der Waals surface area contributed by atoms with Crippen molar-refractivity contribution in [2.24, 2.45) is 5.73 Å². The number of nitrogens with one attached hydrogen (secondary N) is 1. The number of carbonyl (C=O) groups excluding carboxylic acids is 1. The van der Waals surface area contributed by atoms with Gasteiger partial charge in [-0.15, -0.1) is 0 Å². The Bertz CT molecular complexity index is 400. The molecule has 0 aromatic carbocycles. The lowest BCUT2D eigenvalue weighted by molar-refractivity contribution is -0.119. The third-order valence-corrected chi connectivity index (χ3v) is 3.36. The maximum Gasteiger partial charge on any atom is 0.231 e. The molecule has 0 atom stereocenters. The zero-order chi connectivity index (χ0) is 13.0. The summed E-state index contributed by atoms with van der Waals surface area (Å²) in [5.41, 5.74) is 5.17. The second-order valence-corrected chi connectivity index (χ2v) is 4.98. The van der Waals surface area contributed by atoms with Crippen molar-refractivity contribution in [1.29, 1.82) is 0 Å². The Morgan fingerprint density at radius 2 is 2.22 bits per heavy atom. The first-order chi connectivity index (χ1) is 8.63. The Morgan fingerprint density at radius 3 is 2.78 bits per heavy atom. The van der Waals surface area contributed by atoms with Gasteiger partial charge >= 0.3 is 0 Å². The molecule has 2 heterocycles. The second kappa shape index (κ2) is 6.22. The molecule has 0 unspecified atom stereocenters. The minimum Gasteiger partial charge on any atom is -0.448 e. The van der Waals surface area contributed by atoms with E-state index in [2.05, 4.69) is 10.2 Å². The summed E-state index contributed by atoms with van der Waals surface area (Å²) in [7, 11) is 0. The highest BCUT2D eigenvalue weighted by atomic mass is 35.5. The Balaban J connectivity index is 1.69. The van der Waals surface area contributed by atoms with Gasteiger partial charge in [0.15, 0.2) is 5.22 Å². The summed E-state index contributed by atoms with van der Waals surface area (Å²) >= 11 is 5.70. The minimum atomic E-state index is -0.258. The molecule has 1 fully saturated rings. The number of hydrogen-bond acceptors (Lipinski definition) is 4. The first-order valence-electron chi connectivity index (χ1n) is 6.12. The number of nitrogens with zero attached hydrogens (tertiary/aromatic N) is 1. The lowest BCUT2D eigenvalue weighted by atomic mass is 10.1. The highest BCUT2D eigenvalue weighted by molar-refractivity contribution is 6.28. The Hall–Kier alpha value is -1.04. The SMILES string of the molecule is NC(=O)CN1CCC(NCc2ccc(Cl)o2)CC1. The van der Waals surface area contributed by atoms with Crippen LogP contribution in [-0.2, 0) is 11.3 Å². The molecule has 0 aliphatic carbocycles. The molecule has 0 spiro atoms. The molecule has 0 radical (unpaired) electrons. The van der Waals surface area contributed by atoms with Gasteiger partial charge in [-0.25, -0.2) is 0 Å². The van der Waals surface area contributed by atoms with Gasteiger partial charge in [0.25, 0.3) is 0 Å². The van der Waals surface area contributed by atoms with Crippen molar-refractivity contribution in [1.82, 2.24) is 10.2 Å². The number of furan rings is 1. The summed E-state index contributed by atoms with van der Waals surface area (Å²) in [6.45, 7) is 2.85. The molecule has 0 saturated carbocycles. The van der Waals surface area contributed by atoms with Crippen molar-refractivity contribution in [3.8, 4) is 0 Å². The summed E-state index contributed by atoms with van der Waals surface area (Å²) < 4.78 is 5.28. The number of piperidine rings is 1. The Morgan fingerprint density at radius 1 is 1.50 bits per heavy atom. The third kappa shape index (κ3) is 4.01. The van der Waals surface area contributed by atoms with Crippen LogP contribution in [0.2, 0.25) is 5.22 Å². The van der Waals surface area contributed by atoms with Crippen molar-refractivity contribution < 1.29 is 9.21 Å². The quantitative estimate of drug-likeness (QED) is 0.837. The van der Waals surface area contributed by atoms with Gasteiger partial charge in [0.2, 0.25) is 5.91 Å². The van der Waals surface area contributed by atoms with Gasteiger partial charge in [0, 0.05) is 19.1 Å². The van der Waals surface area contributed by atoms with Gasteiger partial charge in [-0.3, -0.25) is 9.69 Å². The first kappa shape index (κ1) is 13.4. The van der Waals surface area contributed by atoms with E-state index in [4.69, 9.17) is 21.8 Å². The zero-order valence-corrected chi connectivity index (χ0v) is 10.9. The van der Waals surface area contributed by atoms with Crippen LogP contribution in [-0.4, -0.2) is 36.5 Å². The van der Waals surface area contributed by atoms with Crippen molar-refractivity contribution in [3.05, 3.63) is 23.1 Å². The maximum absolute atomic E-state index is 10.8. The maximum atomic E-state index is 10.8. The molecule has 0 bridgehead atoms. The van der Waals surface area contributed by atoms with E-state index < -0.39 is 0 Å². The van der Waals surface area contributed by atoms with Crippen molar-refractivity contribution in [3.63, 3.8) is 0 Å². The van der Waals surface area contributed by atoms with Crippen LogP contribution < -0.4 is 11.1 Å². The number of likely N-dealkylation sites (tertiary alicyclic amines) is 1. The van der Waals surface area contributed by atoms with Gasteiger partial charge in [0.1, 0.15) is 5.76 Å². The smallest absolute Gasteiger partial charge is 0.231 e. The summed E-state index contributed by atoms with van der Waals surface area (Å²) in [5.74, 6) is 0.589. The minimum absolute atomic E-state index is 0.258. The Kier molecular flexibility index (Phi) is 4.63. The number of carbonyl (C=O) groups is 1. The normalized spacial score (nSPS) is 18.1. The van der Waals surface area contributed by atoms with E-state index in [0.29, 0.717) is 24.4 Å². The van der Waals surface area contributed by atoms with Gasteiger partial charge in [0.05, 0.1) is 13.1 Å². The molecule has 2 rings (SSSR count). The number of primary amides is 1. The van der Waals surface area contributed by atoms with Crippen LogP contribution in [0, 0.1) is 0 Å². The van der Waals surface area contributed by atoms with E-state index in [1.54, 1.807) is 6.07 Å². The summed E-state index contributed by atoms with van der Waals surface area (Å²) in [6.07, 6.45) is 2.03. The second-order valence-electron chi connectivity index (χ2n) is 4.60. The number of nitrogens with two attached hydrogens (primary N) is 1. The van der Waals surface area contributed by atoms with Crippen molar-refractivity contribution in [2.45, 2.75) is 25.4 Å². The highest BCUT2D eigenvalue weighted by Crippen LogP contribution is 2.14. The summed E-state index contributed by atoms with van der Waals surface area (Å²) in [6, 6.07) is 4.07. The van der Waals surface area contributed by atoms with Crippen LogP contribution in [0.5, 0.6) is 0 Å². The molecule has 1 aliphatic heterocycles. The summed E-state index contributed by atoms with van der Waals surface area (Å²) in [4.78, 5) is 12.9. The molecule has 3 N–H and O–H groups in total. The fourth-order valence-corrected chi connectivity index (χ4v) is 2.37. The van der Waals surface area contributed by atoms with E-state index in [1.165, 1.54) is 0 Å². The van der Waals surface area contributed by atoms with Gasteiger partial charge in [-0.1, -0.05) is 0 Å². The summed E-state index contributed by atoms with van der Waals surface area (Å²) in [5, 5.41) is 3.85. The largest absolute Gasteiger partial charge is 0.448 e. The zero-order valence-electron chi connectivity index (χ0n) is 10.2. The third-order valence-electron chi connectivity index (χ3n) is 3.16. The van der Waals surface area contributed by atoms with E-state index in [0.717, 1.165) is 31.7 Å². The molecule has 1 amide bonds. The molecule has 1 aromatic rings. The van der Waals surface area contributed by atoms with E-state index >= 15 is 0 Å². The van der Waals surface area contributed by atoms with Gasteiger partial charge < -0.3 is 15.5 Å². The van der Waals surface area contributed by atoms with Crippen LogP contribution in [0.25, 0.3) is 0 Å². The monoisotopic (exact) mass is 271 g/mol. The van der Waals surface area contributed by atoms with E-state index in [1.807, 2.05) is 6.07 Å². The predicted octanol–water partition coefficient (Wildman–Crippen LogP) is 0.972. The molecule has 1 saturated heterocycles. The van der Waals surface area contributed by atoms with Gasteiger partial charge in [-0.05, 0) is 36.6 Å². The fourth-order valence-electron chi connectivity index (χ4n) is 2.21. The van der Waals surface area contributed by atoms with E-state index in [9.17, 15) is 4.79 Å². The molecule has 100 valence electrons. The van der Waals surface area contributed by atoms with Crippen LogP contribution in [0.1, 0.15) is 18.6 Å². The average Bonchev–Trinajstić information content (AvgIpc) is 2.74. The van der Waals surface area contributed by atoms with Crippen molar-refractivity contribution in [2.75, 3.05) is 19.6 Å². The number of amides is 1. The number of hydrogen-bond donors (Lipinski definition) is 2.